The van der Waals surface area contributed by atoms with Crippen molar-refractivity contribution in [2.24, 2.45) is 0 Å². The first-order valence-electron chi connectivity index (χ1n) is 12.4. The molecule has 0 unspecified atom stereocenters. The molecule has 0 spiro atoms. The first-order chi connectivity index (χ1) is 16.6. The van der Waals surface area contributed by atoms with Crippen molar-refractivity contribution in [2.75, 3.05) is 0 Å². The molecule has 0 saturated carbocycles. The van der Waals surface area contributed by atoms with Gasteiger partial charge in [-0.3, -0.25) is 4.98 Å². The molecule has 1 heterocycles. The van der Waals surface area contributed by atoms with Crippen molar-refractivity contribution in [1.29, 1.82) is 0 Å². The zero-order valence-corrected chi connectivity index (χ0v) is 25.0. The Kier molecular flexibility index (Phi) is 8.08. The summed E-state index contributed by atoms with van der Waals surface area (Å²) >= 11 is 12.5. The van der Waals surface area contributed by atoms with Gasteiger partial charge in [0.2, 0.25) is 0 Å². The number of aromatic nitrogens is 1. The van der Waals surface area contributed by atoms with Gasteiger partial charge >= 0.3 is 0 Å². The molecule has 5 heteroatoms. The number of benzene rings is 2. The molecule has 1 aromatic heterocycles. The van der Waals surface area contributed by atoms with Gasteiger partial charge in [-0.15, -0.1) is 0 Å². The van der Waals surface area contributed by atoms with E-state index in [9.17, 15) is 0 Å². The molecule has 0 fully saturated rings. The van der Waals surface area contributed by atoms with Gasteiger partial charge < -0.3 is 8.58 Å². The van der Waals surface area contributed by atoms with E-state index in [-0.39, 0.29) is 16.7 Å². The Balaban J connectivity index is 2.60. The topological polar surface area (TPSA) is 31.4 Å². The molecular weight excluding hydrogens is 489 g/mol. The summed E-state index contributed by atoms with van der Waals surface area (Å²) < 4.78 is 11.3. The monoisotopic (exact) mass is 527 g/mol. The van der Waals surface area contributed by atoms with Crippen molar-refractivity contribution < 1.29 is 8.58 Å². The van der Waals surface area contributed by atoms with Crippen molar-refractivity contribution in [3.05, 3.63) is 86.2 Å². The lowest BCUT2D eigenvalue weighted by molar-refractivity contribution is 0.522. The van der Waals surface area contributed by atoms with E-state index in [1.807, 2.05) is 6.20 Å². The summed E-state index contributed by atoms with van der Waals surface area (Å²) in [5.74, 6) is 1.07. The minimum atomic E-state index is -0.262. The molecule has 0 N–H and O–H groups in total. The van der Waals surface area contributed by atoms with Gasteiger partial charge in [0, 0.05) is 40.1 Å². The summed E-state index contributed by atoms with van der Waals surface area (Å²) in [5.41, 5.74) is 10.3. The van der Waals surface area contributed by atoms with Crippen LogP contribution in [-0.2, 0) is 10.8 Å². The lowest BCUT2D eigenvalue weighted by Gasteiger charge is -2.31. The maximum absolute atomic E-state index is 6.26. The van der Waals surface area contributed by atoms with Crippen molar-refractivity contribution in [2.45, 2.75) is 92.9 Å². The summed E-state index contributed by atoms with van der Waals surface area (Å²) in [4.78, 5) is 4.76. The molecule has 0 aliphatic carbocycles. The Morgan fingerprint density at radius 2 is 1.11 bits per heavy atom. The highest BCUT2D eigenvalue weighted by atomic mass is 35.5. The Morgan fingerprint density at radius 1 is 0.694 bits per heavy atom. The van der Waals surface area contributed by atoms with Crippen LogP contribution in [0.1, 0.15) is 103 Å². The minimum absolute atomic E-state index is 0.181. The first kappa shape index (κ1) is 28.3. The van der Waals surface area contributed by atoms with Crippen LogP contribution in [0.15, 0.2) is 30.5 Å². The van der Waals surface area contributed by atoms with Crippen molar-refractivity contribution in [3.63, 3.8) is 0 Å². The molecule has 36 heavy (non-hydrogen) atoms. The van der Waals surface area contributed by atoms with E-state index < -0.39 is 0 Å². The van der Waals surface area contributed by atoms with Crippen LogP contribution in [-0.4, -0.2) is 4.98 Å². The number of hydrogen-bond acceptors (Lipinski definition) is 3. The van der Waals surface area contributed by atoms with Crippen LogP contribution in [0.4, 0.5) is 0 Å². The van der Waals surface area contributed by atoms with E-state index in [1.165, 1.54) is 5.56 Å². The van der Waals surface area contributed by atoms with Crippen molar-refractivity contribution >= 4 is 23.7 Å². The van der Waals surface area contributed by atoms with Gasteiger partial charge in [-0.05, 0) is 62.1 Å². The van der Waals surface area contributed by atoms with Gasteiger partial charge in [0.05, 0.1) is 0 Å². The van der Waals surface area contributed by atoms with E-state index in [0.717, 1.165) is 50.2 Å². The maximum atomic E-state index is 6.26. The van der Waals surface area contributed by atoms with Gasteiger partial charge in [-0.1, -0.05) is 76.9 Å². The van der Waals surface area contributed by atoms with E-state index in [4.69, 9.17) is 37.3 Å². The standard InChI is InChI=1S/C31H39Cl2NO2/c1-17-12-22(28(35-32)24(14-17)30(6,7)8)27(26-20(4)19(3)16-34-21(26)5)23-13-18(2)15-25(29(23)36-33)31(9,10)11/h12-16,27H,1-11H3. The van der Waals surface area contributed by atoms with Crippen LogP contribution < -0.4 is 8.58 Å². The van der Waals surface area contributed by atoms with Crippen molar-refractivity contribution in [3.8, 4) is 11.5 Å². The summed E-state index contributed by atoms with van der Waals surface area (Å²) in [5, 5.41) is 0. The number of nitrogens with zero attached hydrogens (tertiary/aromatic N) is 1. The molecule has 2 aromatic carbocycles. The molecule has 3 rings (SSSR count). The highest BCUT2D eigenvalue weighted by molar-refractivity contribution is 6.09. The molecular formula is C31H39Cl2NO2. The lowest BCUT2D eigenvalue weighted by atomic mass is 9.75. The zero-order valence-electron chi connectivity index (χ0n) is 23.5. The minimum Gasteiger partial charge on any atom is -0.385 e. The van der Waals surface area contributed by atoms with E-state index in [1.54, 1.807) is 0 Å². The molecule has 0 saturated heterocycles. The number of rotatable bonds is 5. The Labute approximate surface area is 227 Å². The van der Waals surface area contributed by atoms with Gasteiger partial charge in [0.1, 0.15) is 23.7 Å². The van der Waals surface area contributed by atoms with Crippen LogP contribution >= 0.6 is 23.7 Å². The average Bonchev–Trinajstić information content (AvgIpc) is 2.77. The molecule has 194 valence electrons. The summed E-state index contributed by atoms with van der Waals surface area (Å²) in [6.07, 6.45) is 1.93. The summed E-state index contributed by atoms with van der Waals surface area (Å²) in [7, 11) is 0. The number of halogens is 2. The summed E-state index contributed by atoms with van der Waals surface area (Å²) in [6.45, 7) is 23.5. The molecule has 0 aliphatic heterocycles. The normalized spacial score (nSPS) is 12.3. The van der Waals surface area contributed by atoms with E-state index in [2.05, 4.69) is 100 Å². The van der Waals surface area contributed by atoms with Gasteiger partial charge in [-0.25, -0.2) is 0 Å². The maximum Gasteiger partial charge on any atom is 0.154 e. The number of pyridine rings is 1. The molecule has 3 nitrogen and oxygen atoms in total. The molecule has 0 bridgehead atoms. The van der Waals surface area contributed by atoms with Gasteiger partial charge in [-0.2, -0.15) is 0 Å². The average molecular weight is 529 g/mol. The Morgan fingerprint density at radius 3 is 1.47 bits per heavy atom. The highest BCUT2D eigenvalue weighted by Crippen LogP contribution is 2.49. The van der Waals surface area contributed by atoms with Crippen LogP contribution in [0.25, 0.3) is 0 Å². The second-order valence-electron chi connectivity index (χ2n) is 12.1. The summed E-state index contributed by atoms with van der Waals surface area (Å²) in [6, 6.07) is 8.64. The largest absolute Gasteiger partial charge is 0.385 e. The van der Waals surface area contributed by atoms with Crippen molar-refractivity contribution in [1.82, 2.24) is 4.98 Å². The molecule has 0 radical (unpaired) electrons. The quantitative estimate of drug-likeness (QED) is 0.331. The molecule has 0 atom stereocenters. The number of hydrogen-bond donors (Lipinski definition) is 0. The van der Waals surface area contributed by atoms with Gasteiger partial charge in [0.25, 0.3) is 0 Å². The van der Waals surface area contributed by atoms with Crippen LogP contribution in [0.2, 0.25) is 0 Å². The third-order valence-corrected chi connectivity index (χ3v) is 7.35. The van der Waals surface area contributed by atoms with Crippen LogP contribution in [0, 0.1) is 34.6 Å². The van der Waals surface area contributed by atoms with E-state index in [0.29, 0.717) is 11.5 Å². The van der Waals surface area contributed by atoms with Crippen LogP contribution in [0.3, 0.4) is 0 Å². The molecule has 0 amide bonds. The Hall–Kier alpha value is -2.23. The van der Waals surface area contributed by atoms with Crippen LogP contribution in [0.5, 0.6) is 11.5 Å². The molecule has 0 aliphatic rings. The second-order valence-corrected chi connectivity index (χ2v) is 12.4. The fourth-order valence-corrected chi connectivity index (χ4v) is 5.41. The predicted octanol–water partition coefficient (Wildman–Crippen LogP) is 9.46. The lowest BCUT2D eigenvalue weighted by Crippen LogP contribution is -2.19. The van der Waals surface area contributed by atoms with E-state index >= 15 is 0 Å². The first-order valence-corrected chi connectivity index (χ1v) is 13.0. The predicted molar refractivity (Wildman–Crippen MR) is 152 cm³/mol. The zero-order chi connectivity index (χ0) is 27.2. The van der Waals surface area contributed by atoms with Gasteiger partial charge in [0.15, 0.2) is 11.5 Å². The highest BCUT2D eigenvalue weighted by Gasteiger charge is 2.34. The fourth-order valence-electron chi connectivity index (χ4n) is 5.07. The SMILES string of the molecule is Cc1cc(C(c2cc(C)cc(C(C)(C)C)c2OCl)c2c(C)ncc(C)c2C)c(OCl)c(C(C)(C)C)c1. The molecule has 3 aromatic rings. The fraction of sp³-hybridized carbons (Fsp3) is 0.452. The second kappa shape index (κ2) is 10.3. The smallest absolute Gasteiger partial charge is 0.154 e. The number of aryl methyl sites for hydroxylation is 4. The third-order valence-electron chi connectivity index (χ3n) is 7.04. The Bertz CT molecular complexity index is 1210. The third kappa shape index (κ3) is 5.38.